The highest BCUT2D eigenvalue weighted by Gasteiger charge is 2.00. The van der Waals surface area contributed by atoms with Gasteiger partial charge in [-0.25, -0.2) is 0 Å². The molecule has 5 nitrogen and oxygen atoms in total. The van der Waals surface area contributed by atoms with E-state index < -0.39 is 0 Å². The summed E-state index contributed by atoms with van der Waals surface area (Å²) in [5.74, 6) is -0.0936. The fraction of sp³-hybridized carbons (Fsp3) is 0.250. The summed E-state index contributed by atoms with van der Waals surface area (Å²) in [4.78, 5) is 13.9. The van der Waals surface area contributed by atoms with Crippen LogP contribution in [0.3, 0.4) is 0 Å². The van der Waals surface area contributed by atoms with Gasteiger partial charge in [-0.3, -0.25) is 4.79 Å². The molecular weight excluding hydrogens is 216 g/mol. The van der Waals surface area contributed by atoms with Crippen LogP contribution in [0, 0.1) is 0 Å². The number of benzene rings is 1. The molecule has 0 saturated carbocycles. The van der Waals surface area contributed by atoms with Crippen LogP contribution >= 0.6 is 0 Å². The molecule has 0 spiro atoms. The maximum Gasteiger partial charge on any atom is 0.251 e. The van der Waals surface area contributed by atoms with Crippen molar-refractivity contribution in [3.05, 3.63) is 51.9 Å². The Hall–Kier alpha value is -2.26. The molecule has 1 aromatic carbocycles. The van der Waals surface area contributed by atoms with Gasteiger partial charge in [0.2, 0.25) is 0 Å². The van der Waals surface area contributed by atoms with Crippen LogP contribution in [0.5, 0.6) is 0 Å². The first-order chi connectivity index (χ1) is 8.27. The minimum Gasteiger partial charge on any atom is -0.355 e. The second kappa shape index (κ2) is 7.09. The molecule has 17 heavy (non-hydrogen) atoms. The Bertz CT molecular complexity index is 444. The number of nitrogens with one attached hydrogen (secondary N) is 1. The Balaban J connectivity index is 2.56. The first-order valence-corrected chi connectivity index (χ1v) is 5.27. The van der Waals surface area contributed by atoms with E-state index in [1.807, 2.05) is 24.3 Å². The number of amides is 1. The quantitative estimate of drug-likeness (QED) is 0.359. The monoisotopic (exact) mass is 230 g/mol. The predicted octanol–water partition coefficient (Wildman–Crippen LogP) is 2.76. The van der Waals surface area contributed by atoms with E-state index in [0.29, 0.717) is 18.5 Å². The summed E-state index contributed by atoms with van der Waals surface area (Å²) in [5, 5.41) is 5.99. The van der Waals surface area contributed by atoms with Gasteiger partial charge in [-0.15, -0.1) is 0 Å². The van der Waals surface area contributed by atoms with Crippen LogP contribution in [0.2, 0.25) is 0 Å². The summed E-state index contributed by atoms with van der Waals surface area (Å²) in [7, 11) is 1.60. The highest BCUT2D eigenvalue weighted by Crippen LogP contribution is 2.06. The van der Waals surface area contributed by atoms with Crippen LogP contribution in [-0.4, -0.2) is 19.5 Å². The first kappa shape index (κ1) is 12.8. The molecule has 0 aliphatic rings. The van der Waals surface area contributed by atoms with Gasteiger partial charge in [0.15, 0.2) is 0 Å². The molecule has 0 aliphatic heterocycles. The molecule has 0 radical (unpaired) electrons. The fourth-order valence-corrected chi connectivity index (χ4v) is 1.29. The van der Waals surface area contributed by atoms with Crippen molar-refractivity contribution in [1.29, 1.82) is 0 Å². The number of hydrogen-bond acceptors (Lipinski definition) is 2. The van der Waals surface area contributed by atoms with Crippen molar-refractivity contribution < 1.29 is 4.79 Å². The van der Waals surface area contributed by atoms with Gasteiger partial charge < -0.3 is 5.32 Å². The zero-order chi connectivity index (χ0) is 12.5. The van der Waals surface area contributed by atoms with Gasteiger partial charge in [0, 0.05) is 24.1 Å². The van der Waals surface area contributed by atoms with Crippen molar-refractivity contribution in [2.24, 2.45) is 5.11 Å². The molecule has 0 aromatic heterocycles. The molecule has 5 heteroatoms. The molecule has 1 N–H and O–H groups in total. The Morgan fingerprint density at radius 1 is 1.47 bits per heavy atom. The summed E-state index contributed by atoms with van der Waals surface area (Å²) >= 11 is 0. The smallest absolute Gasteiger partial charge is 0.251 e. The molecule has 0 unspecified atom stereocenters. The van der Waals surface area contributed by atoms with Gasteiger partial charge in [0.25, 0.3) is 5.91 Å². The maximum absolute atomic E-state index is 11.3. The number of carbonyl (C=O) groups excluding carboxylic acids is 1. The molecule has 1 aromatic rings. The Morgan fingerprint density at radius 2 is 2.18 bits per heavy atom. The van der Waals surface area contributed by atoms with Crippen molar-refractivity contribution in [2.45, 2.75) is 6.42 Å². The van der Waals surface area contributed by atoms with E-state index in [4.69, 9.17) is 5.53 Å². The van der Waals surface area contributed by atoms with Gasteiger partial charge in [-0.05, 0) is 29.6 Å². The molecule has 0 heterocycles. The van der Waals surface area contributed by atoms with Gasteiger partial charge in [0.1, 0.15) is 0 Å². The number of azide groups is 1. The van der Waals surface area contributed by atoms with Crippen molar-refractivity contribution >= 4 is 12.0 Å². The second-order valence-electron chi connectivity index (χ2n) is 3.35. The minimum absolute atomic E-state index is 0.0936. The van der Waals surface area contributed by atoms with Gasteiger partial charge in [-0.2, -0.15) is 0 Å². The lowest BCUT2D eigenvalue weighted by molar-refractivity contribution is 0.0963. The fourth-order valence-electron chi connectivity index (χ4n) is 1.29. The normalized spacial score (nSPS) is 9.94. The molecule has 0 aliphatic carbocycles. The van der Waals surface area contributed by atoms with Crippen molar-refractivity contribution in [3.8, 4) is 0 Å². The maximum atomic E-state index is 11.3. The van der Waals surface area contributed by atoms with Crippen molar-refractivity contribution in [1.82, 2.24) is 5.32 Å². The lowest BCUT2D eigenvalue weighted by Crippen LogP contribution is -2.17. The third-order valence-electron chi connectivity index (χ3n) is 2.17. The second-order valence-corrected chi connectivity index (χ2v) is 3.35. The summed E-state index contributed by atoms with van der Waals surface area (Å²) in [6.07, 6.45) is 4.57. The number of nitrogens with zero attached hydrogens (tertiary/aromatic N) is 3. The topological polar surface area (TPSA) is 77.9 Å². The van der Waals surface area contributed by atoms with E-state index in [-0.39, 0.29) is 5.91 Å². The highest BCUT2D eigenvalue weighted by molar-refractivity contribution is 5.94. The lowest BCUT2D eigenvalue weighted by Gasteiger charge is -1.99. The van der Waals surface area contributed by atoms with Crippen LogP contribution in [0.1, 0.15) is 22.3 Å². The molecule has 0 bridgehead atoms. The van der Waals surface area contributed by atoms with Gasteiger partial charge in [0.05, 0.1) is 0 Å². The lowest BCUT2D eigenvalue weighted by atomic mass is 10.1. The Kier molecular flexibility index (Phi) is 5.34. The summed E-state index contributed by atoms with van der Waals surface area (Å²) < 4.78 is 0. The average Bonchev–Trinajstić information content (AvgIpc) is 2.38. The van der Waals surface area contributed by atoms with E-state index in [1.165, 1.54) is 0 Å². The summed E-state index contributed by atoms with van der Waals surface area (Å²) in [6.45, 7) is 0.462. The molecule has 0 atom stereocenters. The molecule has 1 rings (SSSR count). The van der Waals surface area contributed by atoms with Crippen molar-refractivity contribution in [3.63, 3.8) is 0 Å². The van der Waals surface area contributed by atoms with Crippen LogP contribution in [0.25, 0.3) is 16.5 Å². The van der Waals surface area contributed by atoms with Crippen LogP contribution in [-0.2, 0) is 0 Å². The van der Waals surface area contributed by atoms with Crippen LogP contribution in [0.15, 0.2) is 35.5 Å². The largest absolute Gasteiger partial charge is 0.355 e. The molecule has 0 fully saturated rings. The van der Waals surface area contributed by atoms with Crippen molar-refractivity contribution in [2.75, 3.05) is 13.6 Å². The molecule has 0 saturated heterocycles. The summed E-state index contributed by atoms with van der Waals surface area (Å²) in [6, 6.07) is 7.28. The van der Waals surface area contributed by atoms with Crippen LogP contribution < -0.4 is 5.32 Å². The number of hydrogen-bond donors (Lipinski definition) is 1. The first-order valence-electron chi connectivity index (χ1n) is 5.27. The standard InChI is InChI=1S/C12H14N4O/c1-14-12(17)11-7-5-10(6-8-11)4-2-3-9-15-16-13/h2,4-8H,3,9H2,1H3,(H,14,17). The Labute approximate surface area is 99.8 Å². The third-order valence-corrected chi connectivity index (χ3v) is 2.17. The van der Waals surface area contributed by atoms with Gasteiger partial charge >= 0.3 is 0 Å². The van der Waals surface area contributed by atoms with E-state index in [2.05, 4.69) is 15.3 Å². The zero-order valence-electron chi connectivity index (χ0n) is 9.63. The SMILES string of the molecule is CNC(=O)c1ccc(C=CCCN=[N+]=[N-])cc1. The molecule has 1 amide bonds. The minimum atomic E-state index is -0.0936. The molecule has 88 valence electrons. The Morgan fingerprint density at radius 3 is 2.76 bits per heavy atom. The zero-order valence-corrected chi connectivity index (χ0v) is 9.63. The highest BCUT2D eigenvalue weighted by atomic mass is 16.1. The summed E-state index contributed by atoms with van der Waals surface area (Å²) in [5.41, 5.74) is 9.74. The number of carbonyl (C=O) groups is 1. The third kappa shape index (κ3) is 4.40. The van der Waals surface area contributed by atoms with E-state index in [0.717, 1.165) is 5.56 Å². The van der Waals surface area contributed by atoms with E-state index in [1.54, 1.807) is 19.2 Å². The molecular formula is C12H14N4O. The van der Waals surface area contributed by atoms with Crippen LogP contribution in [0.4, 0.5) is 0 Å². The van der Waals surface area contributed by atoms with Gasteiger partial charge in [-0.1, -0.05) is 29.4 Å². The number of rotatable bonds is 5. The van der Waals surface area contributed by atoms with E-state index >= 15 is 0 Å². The van der Waals surface area contributed by atoms with E-state index in [9.17, 15) is 4.79 Å². The predicted molar refractivity (Wildman–Crippen MR) is 67.5 cm³/mol. The average molecular weight is 230 g/mol.